The largest absolute Gasteiger partial charge is 0.382 e. The first-order valence-electron chi connectivity index (χ1n) is 6.20. The fourth-order valence-electron chi connectivity index (χ4n) is 1.97. The van der Waals surface area contributed by atoms with E-state index >= 15 is 0 Å². The van der Waals surface area contributed by atoms with E-state index < -0.39 is 6.10 Å². The van der Waals surface area contributed by atoms with Gasteiger partial charge in [-0.25, -0.2) is 4.98 Å². The van der Waals surface area contributed by atoms with Crippen molar-refractivity contribution in [3.05, 3.63) is 54.1 Å². The Bertz CT molecular complexity index is 707. The molecule has 0 saturated heterocycles. The quantitative estimate of drug-likeness (QED) is 0.775. The van der Waals surface area contributed by atoms with Crippen LogP contribution < -0.4 is 0 Å². The molecule has 1 unspecified atom stereocenters. The lowest BCUT2D eigenvalue weighted by atomic mass is 10.1. The third-order valence-corrected chi connectivity index (χ3v) is 3.04. The minimum Gasteiger partial charge on any atom is -0.382 e. The predicted molar refractivity (Wildman–Crippen MR) is 71.5 cm³/mol. The van der Waals surface area contributed by atoms with Gasteiger partial charge in [0.1, 0.15) is 6.10 Å². The van der Waals surface area contributed by atoms with Crippen LogP contribution in [0.25, 0.3) is 11.0 Å². The molecule has 5 heteroatoms. The van der Waals surface area contributed by atoms with Gasteiger partial charge in [0.25, 0.3) is 0 Å². The molecule has 96 valence electrons. The van der Waals surface area contributed by atoms with Crippen LogP contribution in [0.5, 0.6) is 0 Å². The Balaban J connectivity index is 1.98. The number of aliphatic hydroxyl groups is 1. The highest BCUT2D eigenvalue weighted by molar-refractivity contribution is 5.73. The number of aryl methyl sites for hydroxylation is 1. The lowest BCUT2D eigenvalue weighted by molar-refractivity contribution is 0.215. The second-order valence-corrected chi connectivity index (χ2v) is 4.32. The molecule has 1 atom stereocenters. The standard InChI is InChI=1S/C14H14N4O/c1-2-18-9-10(7-16-18)14(19)13-8-15-11-5-3-4-6-12(11)17-13/h3-9,14,19H,2H2,1H3. The Morgan fingerprint density at radius 2 is 2.00 bits per heavy atom. The van der Waals surface area contributed by atoms with Crippen LogP contribution >= 0.6 is 0 Å². The SMILES string of the molecule is CCn1cc(C(O)c2cnc3ccccc3n2)cn1. The summed E-state index contributed by atoms with van der Waals surface area (Å²) in [5.41, 5.74) is 2.87. The molecule has 0 amide bonds. The number of para-hydroxylation sites is 2. The Morgan fingerprint density at radius 1 is 1.21 bits per heavy atom. The van der Waals surface area contributed by atoms with Crippen molar-refractivity contribution < 1.29 is 5.11 Å². The molecular formula is C14H14N4O. The average Bonchev–Trinajstić information content (AvgIpc) is 2.95. The summed E-state index contributed by atoms with van der Waals surface area (Å²) in [5, 5.41) is 14.5. The molecule has 0 aliphatic carbocycles. The highest BCUT2D eigenvalue weighted by atomic mass is 16.3. The zero-order valence-corrected chi connectivity index (χ0v) is 10.6. The number of fused-ring (bicyclic) bond motifs is 1. The molecule has 0 saturated carbocycles. The highest BCUT2D eigenvalue weighted by Crippen LogP contribution is 2.20. The summed E-state index contributed by atoms with van der Waals surface area (Å²) < 4.78 is 1.77. The number of benzene rings is 1. The van der Waals surface area contributed by atoms with Crippen LogP contribution in [-0.2, 0) is 6.54 Å². The fourth-order valence-corrected chi connectivity index (χ4v) is 1.97. The van der Waals surface area contributed by atoms with Gasteiger partial charge in [0.15, 0.2) is 0 Å². The number of hydrogen-bond donors (Lipinski definition) is 1. The van der Waals surface area contributed by atoms with Gasteiger partial charge >= 0.3 is 0 Å². The fraction of sp³-hybridized carbons (Fsp3) is 0.214. The van der Waals surface area contributed by atoms with Crippen molar-refractivity contribution in [3.63, 3.8) is 0 Å². The summed E-state index contributed by atoms with van der Waals surface area (Å²) in [7, 11) is 0. The lowest BCUT2D eigenvalue weighted by Gasteiger charge is -2.08. The summed E-state index contributed by atoms with van der Waals surface area (Å²) in [6.07, 6.45) is 4.29. The maximum atomic E-state index is 10.3. The van der Waals surface area contributed by atoms with Crippen molar-refractivity contribution in [2.75, 3.05) is 0 Å². The number of hydrogen-bond acceptors (Lipinski definition) is 4. The van der Waals surface area contributed by atoms with Gasteiger partial charge in [-0.3, -0.25) is 9.67 Å². The summed E-state index contributed by atoms with van der Waals surface area (Å²) in [6.45, 7) is 2.77. The maximum Gasteiger partial charge on any atom is 0.126 e. The van der Waals surface area contributed by atoms with Gasteiger partial charge in [-0.05, 0) is 19.1 Å². The number of aromatic nitrogens is 4. The molecule has 1 N–H and O–H groups in total. The first-order chi connectivity index (χ1) is 9.28. The van der Waals surface area contributed by atoms with E-state index in [1.165, 1.54) is 0 Å². The maximum absolute atomic E-state index is 10.3. The monoisotopic (exact) mass is 254 g/mol. The normalized spacial score (nSPS) is 12.7. The summed E-state index contributed by atoms with van der Waals surface area (Å²) in [5.74, 6) is 0. The van der Waals surface area contributed by atoms with Gasteiger partial charge in [0.05, 0.1) is 29.1 Å². The number of rotatable bonds is 3. The van der Waals surface area contributed by atoms with Crippen LogP contribution in [0, 0.1) is 0 Å². The predicted octanol–water partition coefficient (Wildman–Crippen LogP) is 1.93. The minimum atomic E-state index is -0.794. The van der Waals surface area contributed by atoms with Crippen molar-refractivity contribution in [2.24, 2.45) is 0 Å². The van der Waals surface area contributed by atoms with Crippen LogP contribution in [0.1, 0.15) is 24.3 Å². The van der Waals surface area contributed by atoms with E-state index in [1.54, 1.807) is 17.1 Å². The molecule has 19 heavy (non-hydrogen) atoms. The molecule has 3 rings (SSSR count). The van der Waals surface area contributed by atoms with Gasteiger partial charge in [0.2, 0.25) is 0 Å². The molecule has 0 fully saturated rings. The molecular weight excluding hydrogens is 240 g/mol. The van der Waals surface area contributed by atoms with Crippen LogP contribution in [0.2, 0.25) is 0 Å². The first kappa shape index (κ1) is 11.8. The summed E-state index contributed by atoms with van der Waals surface area (Å²) in [4.78, 5) is 8.74. The number of aliphatic hydroxyl groups excluding tert-OH is 1. The van der Waals surface area contributed by atoms with Gasteiger partial charge in [-0.15, -0.1) is 0 Å². The second kappa shape index (κ2) is 4.78. The molecule has 0 aliphatic heterocycles. The van der Waals surface area contributed by atoms with Crippen molar-refractivity contribution in [3.8, 4) is 0 Å². The minimum absolute atomic E-state index is 0.536. The van der Waals surface area contributed by atoms with E-state index in [4.69, 9.17) is 0 Å². The van der Waals surface area contributed by atoms with Gasteiger partial charge < -0.3 is 5.11 Å². The molecule has 0 radical (unpaired) electrons. The van der Waals surface area contributed by atoms with E-state index in [-0.39, 0.29) is 0 Å². The van der Waals surface area contributed by atoms with Crippen LogP contribution in [0.15, 0.2) is 42.9 Å². The highest BCUT2D eigenvalue weighted by Gasteiger charge is 2.14. The van der Waals surface area contributed by atoms with E-state index in [2.05, 4.69) is 15.1 Å². The van der Waals surface area contributed by atoms with Crippen LogP contribution in [0.4, 0.5) is 0 Å². The van der Waals surface area contributed by atoms with E-state index in [9.17, 15) is 5.11 Å². The Labute approximate surface area is 110 Å². The zero-order chi connectivity index (χ0) is 13.2. The number of nitrogens with zero attached hydrogens (tertiary/aromatic N) is 4. The Morgan fingerprint density at radius 3 is 2.74 bits per heavy atom. The van der Waals surface area contributed by atoms with Crippen molar-refractivity contribution in [1.29, 1.82) is 0 Å². The molecule has 1 aromatic carbocycles. The van der Waals surface area contributed by atoms with Crippen molar-refractivity contribution >= 4 is 11.0 Å². The van der Waals surface area contributed by atoms with Gasteiger partial charge in [-0.2, -0.15) is 5.10 Å². The lowest BCUT2D eigenvalue weighted by Crippen LogP contribution is -2.03. The average molecular weight is 254 g/mol. The van der Waals surface area contributed by atoms with E-state index in [0.29, 0.717) is 5.69 Å². The van der Waals surface area contributed by atoms with Gasteiger partial charge in [0, 0.05) is 18.3 Å². The Kier molecular flexibility index (Phi) is 2.97. The molecule has 2 aromatic heterocycles. The molecule has 5 nitrogen and oxygen atoms in total. The molecule has 3 aromatic rings. The molecule has 0 spiro atoms. The van der Waals surface area contributed by atoms with Crippen LogP contribution in [0.3, 0.4) is 0 Å². The molecule has 0 aliphatic rings. The van der Waals surface area contributed by atoms with Crippen LogP contribution in [-0.4, -0.2) is 24.9 Å². The van der Waals surface area contributed by atoms with E-state index in [0.717, 1.165) is 23.1 Å². The van der Waals surface area contributed by atoms with Gasteiger partial charge in [-0.1, -0.05) is 12.1 Å². The third-order valence-electron chi connectivity index (χ3n) is 3.04. The van der Waals surface area contributed by atoms with Crippen molar-refractivity contribution in [2.45, 2.75) is 19.6 Å². The zero-order valence-electron chi connectivity index (χ0n) is 10.6. The van der Waals surface area contributed by atoms with E-state index in [1.807, 2.05) is 37.4 Å². The Hall–Kier alpha value is -2.27. The summed E-state index contributed by atoms with van der Waals surface area (Å²) in [6, 6.07) is 7.60. The smallest absolute Gasteiger partial charge is 0.126 e. The third kappa shape index (κ3) is 2.20. The molecule has 2 heterocycles. The van der Waals surface area contributed by atoms with Crippen molar-refractivity contribution in [1.82, 2.24) is 19.7 Å². The second-order valence-electron chi connectivity index (χ2n) is 4.32. The first-order valence-corrected chi connectivity index (χ1v) is 6.20. The molecule has 0 bridgehead atoms. The topological polar surface area (TPSA) is 63.8 Å². The summed E-state index contributed by atoms with van der Waals surface area (Å²) >= 11 is 0.